The number of carbonyl (C=O) groups is 1. The minimum atomic E-state index is -0.707. The number of halogens is 1. The number of ether oxygens (including phenoxy) is 1. The van der Waals surface area contributed by atoms with Crippen LogP contribution >= 0.6 is 15.9 Å². The van der Waals surface area contributed by atoms with Crippen LogP contribution in [0.3, 0.4) is 0 Å². The van der Waals surface area contributed by atoms with Gasteiger partial charge in [0.1, 0.15) is 11.4 Å². The van der Waals surface area contributed by atoms with Gasteiger partial charge in [-0.1, -0.05) is 22.0 Å². The van der Waals surface area contributed by atoms with Gasteiger partial charge in [0.25, 0.3) is 0 Å². The van der Waals surface area contributed by atoms with Crippen molar-refractivity contribution in [2.45, 2.75) is 32.5 Å². The van der Waals surface area contributed by atoms with Crippen molar-refractivity contribution in [2.75, 3.05) is 10.6 Å². The molecule has 0 radical (unpaired) electrons. The van der Waals surface area contributed by atoms with Gasteiger partial charge in [-0.2, -0.15) is 0 Å². The standard InChI is InChI=1S/C13H18BrNO4/c1-13(2,3)19-12(18)15-9-5-4-8(6-10(9)16)11(17)7-14/h4-6,11,16-17H,7H2,1-3H3,(H,15,18). The second-order valence-corrected chi connectivity index (χ2v) is 5.72. The van der Waals surface area contributed by atoms with Gasteiger partial charge in [-0.15, -0.1) is 0 Å². The maximum atomic E-state index is 11.6. The molecule has 0 bridgehead atoms. The first kappa shape index (κ1) is 15.8. The van der Waals surface area contributed by atoms with E-state index in [9.17, 15) is 15.0 Å². The second kappa shape index (κ2) is 6.25. The Bertz CT molecular complexity index is 456. The fourth-order valence-electron chi connectivity index (χ4n) is 1.36. The van der Waals surface area contributed by atoms with Gasteiger partial charge in [0, 0.05) is 5.33 Å². The summed E-state index contributed by atoms with van der Waals surface area (Å²) in [7, 11) is 0. The highest BCUT2D eigenvalue weighted by molar-refractivity contribution is 9.09. The van der Waals surface area contributed by atoms with E-state index in [-0.39, 0.29) is 11.4 Å². The number of benzene rings is 1. The van der Waals surface area contributed by atoms with Crippen molar-refractivity contribution in [3.8, 4) is 5.75 Å². The van der Waals surface area contributed by atoms with Crippen LogP contribution in [0.1, 0.15) is 32.4 Å². The van der Waals surface area contributed by atoms with E-state index in [1.807, 2.05) is 0 Å². The molecule has 0 saturated carbocycles. The van der Waals surface area contributed by atoms with E-state index in [4.69, 9.17) is 4.74 Å². The van der Waals surface area contributed by atoms with Crippen LogP contribution in [0, 0.1) is 0 Å². The highest BCUT2D eigenvalue weighted by atomic mass is 79.9. The van der Waals surface area contributed by atoms with Crippen LogP contribution < -0.4 is 5.32 Å². The summed E-state index contributed by atoms with van der Waals surface area (Å²) >= 11 is 3.15. The average molecular weight is 332 g/mol. The van der Waals surface area contributed by atoms with Crippen LogP contribution in [0.2, 0.25) is 0 Å². The van der Waals surface area contributed by atoms with E-state index in [1.54, 1.807) is 26.8 Å². The number of amides is 1. The molecule has 1 aromatic rings. The van der Waals surface area contributed by atoms with Crippen LogP contribution in [0.15, 0.2) is 18.2 Å². The van der Waals surface area contributed by atoms with Gasteiger partial charge in [0.15, 0.2) is 0 Å². The SMILES string of the molecule is CC(C)(C)OC(=O)Nc1ccc(C(O)CBr)cc1O. The van der Waals surface area contributed by atoms with Gasteiger partial charge in [-0.3, -0.25) is 5.32 Å². The van der Waals surface area contributed by atoms with Crippen molar-refractivity contribution in [3.05, 3.63) is 23.8 Å². The summed E-state index contributed by atoms with van der Waals surface area (Å²) in [5.74, 6) is -0.122. The fraction of sp³-hybridized carbons (Fsp3) is 0.462. The van der Waals surface area contributed by atoms with E-state index in [1.165, 1.54) is 12.1 Å². The monoisotopic (exact) mass is 331 g/mol. The quantitative estimate of drug-likeness (QED) is 0.587. The highest BCUT2D eigenvalue weighted by Crippen LogP contribution is 2.28. The van der Waals surface area contributed by atoms with Crippen LogP contribution in [-0.4, -0.2) is 27.2 Å². The van der Waals surface area contributed by atoms with Crippen molar-refractivity contribution in [1.29, 1.82) is 0 Å². The lowest BCUT2D eigenvalue weighted by Gasteiger charge is -2.20. The molecule has 0 aliphatic carbocycles. The van der Waals surface area contributed by atoms with Crippen LogP contribution in [-0.2, 0) is 4.74 Å². The lowest BCUT2D eigenvalue weighted by molar-refractivity contribution is 0.0635. The number of nitrogens with one attached hydrogen (secondary N) is 1. The average Bonchev–Trinajstić information content (AvgIpc) is 2.28. The Kier molecular flexibility index (Phi) is 5.20. The Morgan fingerprint density at radius 2 is 2.11 bits per heavy atom. The van der Waals surface area contributed by atoms with Gasteiger partial charge >= 0.3 is 6.09 Å². The number of hydrogen-bond donors (Lipinski definition) is 3. The first-order valence-electron chi connectivity index (χ1n) is 5.80. The lowest BCUT2D eigenvalue weighted by Crippen LogP contribution is -2.27. The zero-order valence-corrected chi connectivity index (χ0v) is 12.7. The second-order valence-electron chi connectivity index (χ2n) is 5.07. The smallest absolute Gasteiger partial charge is 0.412 e. The Morgan fingerprint density at radius 3 is 2.58 bits per heavy atom. The molecule has 1 rings (SSSR count). The Labute approximate surface area is 120 Å². The van der Waals surface area contributed by atoms with Crippen molar-refractivity contribution >= 4 is 27.7 Å². The number of alkyl halides is 1. The zero-order chi connectivity index (χ0) is 14.6. The van der Waals surface area contributed by atoms with E-state index in [2.05, 4.69) is 21.2 Å². The number of aliphatic hydroxyl groups excluding tert-OH is 1. The molecule has 0 aliphatic heterocycles. The number of hydrogen-bond acceptors (Lipinski definition) is 4. The normalized spacial score (nSPS) is 12.9. The molecular formula is C13H18BrNO4. The molecule has 0 aliphatic rings. The Balaban J connectivity index is 2.78. The minimum absolute atomic E-state index is 0.122. The molecule has 0 saturated heterocycles. The van der Waals surface area contributed by atoms with E-state index >= 15 is 0 Å². The molecule has 1 atom stereocenters. The third kappa shape index (κ3) is 5.08. The summed E-state index contributed by atoms with van der Waals surface area (Å²) in [5.41, 5.74) is 0.190. The van der Waals surface area contributed by atoms with E-state index in [0.717, 1.165) is 0 Å². The molecule has 106 valence electrons. The van der Waals surface area contributed by atoms with Crippen molar-refractivity contribution in [2.24, 2.45) is 0 Å². The zero-order valence-electron chi connectivity index (χ0n) is 11.1. The molecule has 19 heavy (non-hydrogen) atoms. The number of rotatable bonds is 3. The molecule has 1 aromatic carbocycles. The highest BCUT2D eigenvalue weighted by Gasteiger charge is 2.17. The van der Waals surface area contributed by atoms with Gasteiger partial charge in [-0.05, 0) is 38.5 Å². The summed E-state index contributed by atoms with van der Waals surface area (Å²) in [4.78, 5) is 11.6. The maximum Gasteiger partial charge on any atom is 0.412 e. The topological polar surface area (TPSA) is 78.8 Å². The van der Waals surface area contributed by atoms with Gasteiger partial charge in [0.2, 0.25) is 0 Å². The Hall–Kier alpha value is -1.27. The molecule has 0 fully saturated rings. The summed E-state index contributed by atoms with van der Waals surface area (Å²) in [6, 6.07) is 4.54. The van der Waals surface area contributed by atoms with Crippen molar-refractivity contribution in [3.63, 3.8) is 0 Å². The molecular weight excluding hydrogens is 314 g/mol. The molecule has 1 amide bonds. The molecule has 3 N–H and O–H groups in total. The van der Waals surface area contributed by atoms with Gasteiger partial charge in [-0.25, -0.2) is 4.79 Å². The number of phenolic OH excluding ortho intramolecular Hbond substituents is 1. The number of carbonyl (C=O) groups excluding carboxylic acids is 1. The number of phenols is 1. The van der Waals surface area contributed by atoms with E-state index < -0.39 is 17.8 Å². The summed E-state index contributed by atoms with van der Waals surface area (Å²) < 4.78 is 5.08. The maximum absolute atomic E-state index is 11.6. The third-order valence-corrected chi connectivity index (χ3v) is 2.80. The lowest BCUT2D eigenvalue weighted by atomic mass is 10.1. The third-order valence-electron chi connectivity index (χ3n) is 2.19. The molecule has 0 spiro atoms. The number of aliphatic hydroxyl groups is 1. The largest absolute Gasteiger partial charge is 0.506 e. The first-order chi connectivity index (χ1) is 8.73. The van der Waals surface area contributed by atoms with Crippen molar-refractivity contribution in [1.82, 2.24) is 0 Å². The summed E-state index contributed by atoms with van der Waals surface area (Å²) in [6.45, 7) is 5.26. The predicted molar refractivity (Wildman–Crippen MR) is 76.7 cm³/mol. The predicted octanol–water partition coefficient (Wildman–Crippen LogP) is 3.17. The Morgan fingerprint density at radius 1 is 1.47 bits per heavy atom. The minimum Gasteiger partial charge on any atom is -0.506 e. The first-order valence-corrected chi connectivity index (χ1v) is 6.92. The molecule has 5 nitrogen and oxygen atoms in total. The molecule has 0 aromatic heterocycles. The number of anilines is 1. The van der Waals surface area contributed by atoms with Gasteiger partial charge in [0.05, 0.1) is 11.8 Å². The van der Waals surface area contributed by atoms with Gasteiger partial charge < -0.3 is 14.9 Å². The summed E-state index contributed by atoms with van der Waals surface area (Å²) in [6.07, 6.45) is -1.35. The van der Waals surface area contributed by atoms with E-state index in [0.29, 0.717) is 10.9 Å². The van der Waals surface area contributed by atoms with Crippen LogP contribution in [0.4, 0.5) is 10.5 Å². The summed E-state index contributed by atoms with van der Waals surface area (Å²) in [5, 5.41) is 22.2. The fourth-order valence-corrected chi connectivity index (χ4v) is 1.74. The number of aromatic hydroxyl groups is 1. The molecule has 1 unspecified atom stereocenters. The van der Waals surface area contributed by atoms with Crippen molar-refractivity contribution < 1.29 is 19.7 Å². The molecule has 0 heterocycles. The van der Waals surface area contributed by atoms with Crippen LogP contribution in [0.25, 0.3) is 0 Å². The van der Waals surface area contributed by atoms with Crippen LogP contribution in [0.5, 0.6) is 5.75 Å². The molecule has 6 heteroatoms.